The highest BCUT2D eigenvalue weighted by atomic mass is 35.5. The molecule has 2 bridgehead atoms. The highest BCUT2D eigenvalue weighted by molar-refractivity contribution is 6.30. The summed E-state index contributed by atoms with van der Waals surface area (Å²) in [5, 5.41) is 3.25. The van der Waals surface area contributed by atoms with Crippen molar-refractivity contribution in [2.45, 2.75) is 108 Å². The van der Waals surface area contributed by atoms with Gasteiger partial charge in [-0.2, -0.15) is 15.0 Å². The summed E-state index contributed by atoms with van der Waals surface area (Å²) in [7, 11) is 0. The van der Waals surface area contributed by atoms with Crippen molar-refractivity contribution in [2.24, 2.45) is 5.41 Å². The van der Waals surface area contributed by atoms with Crippen molar-refractivity contribution in [1.82, 2.24) is 24.8 Å². The Bertz CT molecular complexity index is 1450. The number of carbonyl (C=O) groups is 1. The smallest absolute Gasteiger partial charge is 0.410 e. The fourth-order valence-electron chi connectivity index (χ4n) is 7.91. The van der Waals surface area contributed by atoms with Crippen LogP contribution in [0, 0.1) is 11.2 Å². The monoisotopic (exact) mass is 620 g/mol. The van der Waals surface area contributed by atoms with Gasteiger partial charge in [0.1, 0.15) is 41.2 Å². The van der Waals surface area contributed by atoms with Crippen LogP contribution in [0.2, 0.25) is 5.15 Å². The molecule has 13 heteroatoms. The lowest BCUT2D eigenvalue weighted by Gasteiger charge is -2.38. The zero-order valence-electron chi connectivity index (χ0n) is 25.1. The van der Waals surface area contributed by atoms with Crippen molar-refractivity contribution < 1.29 is 27.8 Å². The van der Waals surface area contributed by atoms with Gasteiger partial charge in [0.05, 0.1) is 11.6 Å². The molecule has 4 aliphatic heterocycles. The second-order valence-electron chi connectivity index (χ2n) is 14.0. The number of carbonyl (C=O) groups excluding carboxylic acids is 1. The van der Waals surface area contributed by atoms with Crippen LogP contribution in [0.4, 0.5) is 19.4 Å². The van der Waals surface area contributed by atoms with Gasteiger partial charge in [0.2, 0.25) is 5.88 Å². The minimum absolute atomic E-state index is 0.0412. The average molecular weight is 621 g/mol. The molecule has 0 unspecified atom stereocenters. The first-order valence-electron chi connectivity index (χ1n) is 15.4. The standard InChI is InChI=1S/C30H39ClF2N6O4/c1-16-30(9-10-30)19-7-6-18(39(19)27(40)43-28(2,3)4)13-34-24-20-22(21(33)23(31)36-25(20)42-16)35-26(37-24)41-15-29-8-5-11-38(29)14-17(32)12-29/h16-19H,5-15H2,1-4H3,(H,34,35,37)/t16-,17+,18+,19-,29-/m0/s1. The number of hydrogen-bond donors (Lipinski definition) is 1. The van der Waals surface area contributed by atoms with Crippen LogP contribution in [-0.4, -0.2) is 92.6 Å². The van der Waals surface area contributed by atoms with Gasteiger partial charge in [-0.05, 0) is 72.8 Å². The number of alkyl halides is 1. The summed E-state index contributed by atoms with van der Waals surface area (Å²) in [4.78, 5) is 31.0. The molecular weight excluding hydrogens is 582 g/mol. The van der Waals surface area contributed by atoms with Gasteiger partial charge in [-0.3, -0.25) is 9.80 Å². The van der Waals surface area contributed by atoms with Gasteiger partial charge in [-0.25, -0.2) is 13.6 Å². The van der Waals surface area contributed by atoms with Gasteiger partial charge in [0.15, 0.2) is 11.0 Å². The predicted octanol–water partition coefficient (Wildman–Crippen LogP) is 5.51. The molecule has 234 valence electrons. The van der Waals surface area contributed by atoms with E-state index in [9.17, 15) is 9.18 Å². The Labute approximate surface area is 254 Å². The Morgan fingerprint density at radius 1 is 1.21 bits per heavy atom. The predicted molar refractivity (Wildman–Crippen MR) is 156 cm³/mol. The minimum atomic E-state index is -0.907. The fraction of sp³-hybridized carbons (Fsp3) is 0.733. The zero-order valence-corrected chi connectivity index (χ0v) is 25.8. The first kappa shape index (κ1) is 29.0. The normalized spacial score (nSPS) is 31.4. The number of amides is 1. The van der Waals surface area contributed by atoms with E-state index in [0.717, 1.165) is 45.1 Å². The SMILES string of the molecule is C[C@@H]1Oc2nc(Cl)c(F)c3nc(OC[C@@]45CCCN4C[C@H](F)C5)nc(c23)NC[C@H]2CC[C@H](N2C(=O)OC(C)(C)C)C12CC2. The van der Waals surface area contributed by atoms with Crippen LogP contribution in [0.15, 0.2) is 0 Å². The van der Waals surface area contributed by atoms with E-state index in [-0.39, 0.29) is 70.1 Å². The quantitative estimate of drug-likeness (QED) is 0.445. The maximum absolute atomic E-state index is 15.6. The van der Waals surface area contributed by atoms with Gasteiger partial charge in [0.25, 0.3) is 0 Å². The number of aromatic nitrogens is 3. The van der Waals surface area contributed by atoms with Crippen molar-refractivity contribution in [3.8, 4) is 11.9 Å². The number of fused-ring (bicyclic) bond motifs is 4. The first-order chi connectivity index (χ1) is 20.4. The van der Waals surface area contributed by atoms with Crippen LogP contribution in [0.25, 0.3) is 10.9 Å². The Morgan fingerprint density at radius 2 is 2.00 bits per heavy atom. The Morgan fingerprint density at radius 3 is 2.74 bits per heavy atom. The van der Waals surface area contributed by atoms with Crippen LogP contribution in [0.5, 0.6) is 11.9 Å². The van der Waals surface area contributed by atoms with Gasteiger partial charge in [-0.15, -0.1) is 0 Å². The van der Waals surface area contributed by atoms with E-state index >= 15 is 4.39 Å². The third-order valence-electron chi connectivity index (χ3n) is 10.1. The summed E-state index contributed by atoms with van der Waals surface area (Å²) in [5.74, 6) is -0.391. The topological polar surface area (TPSA) is 102 Å². The Kier molecular flexibility index (Phi) is 6.85. The molecule has 1 aliphatic carbocycles. The number of rotatable bonds is 3. The van der Waals surface area contributed by atoms with Gasteiger partial charge >= 0.3 is 12.1 Å². The first-order valence-corrected chi connectivity index (χ1v) is 15.8. The van der Waals surface area contributed by atoms with Gasteiger partial charge in [-0.1, -0.05) is 11.6 Å². The lowest BCUT2D eigenvalue weighted by atomic mass is 9.89. The molecule has 0 aromatic carbocycles. The lowest BCUT2D eigenvalue weighted by Crippen LogP contribution is -2.52. The highest BCUT2D eigenvalue weighted by Crippen LogP contribution is 2.58. The highest BCUT2D eigenvalue weighted by Gasteiger charge is 2.60. The lowest BCUT2D eigenvalue weighted by molar-refractivity contribution is -0.00347. The molecule has 4 fully saturated rings. The number of nitrogens with one attached hydrogen (secondary N) is 1. The molecule has 2 aromatic rings. The van der Waals surface area contributed by atoms with E-state index in [0.29, 0.717) is 19.5 Å². The number of pyridine rings is 1. The van der Waals surface area contributed by atoms with E-state index in [1.54, 1.807) is 0 Å². The van der Waals surface area contributed by atoms with Crippen LogP contribution in [-0.2, 0) is 4.74 Å². The molecule has 5 aliphatic rings. The summed E-state index contributed by atoms with van der Waals surface area (Å²) in [6.45, 7) is 9.30. The Hall–Kier alpha value is -2.73. The van der Waals surface area contributed by atoms with Crippen molar-refractivity contribution >= 4 is 34.4 Å². The number of anilines is 1. The van der Waals surface area contributed by atoms with E-state index in [1.807, 2.05) is 32.6 Å². The van der Waals surface area contributed by atoms with E-state index in [4.69, 9.17) is 25.8 Å². The average Bonchev–Trinajstić information content (AvgIpc) is 3.33. The third-order valence-corrected chi connectivity index (χ3v) is 10.4. The number of ether oxygens (including phenoxy) is 3. The summed E-state index contributed by atoms with van der Waals surface area (Å²) in [5.41, 5.74) is -1.43. The van der Waals surface area contributed by atoms with Gasteiger partial charge < -0.3 is 19.5 Å². The van der Waals surface area contributed by atoms with Crippen molar-refractivity contribution in [1.29, 1.82) is 0 Å². The molecule has 1 saturated carbocycles. The summed E-state index contributed by atoms with van der Waals surface area (Å²) >= 11 is 6.29. The van der Waals surface area contributed by atoms with Crippen molar-refractivity contribution in [3.63, 3.8) is 0 Å². The molecule has 1 N–H and O–H groups in total. The van der Waals surface area contributed by atoms with E-state index < -0.39 is 23.1 Å². The molecule has 7 rings (SSSR count). The summed E-state index contributed by atoms with van der Waals surface area (Å²) < 4.78 is 48.4. The second-order valence-corrected chi connectivity index (χ2v) is 14.3. The number of hydrogen-bond acceptors (Lipinski definition) is 9. The minimum Gasteiger partial charge on any atom is -0.473 e. The largest absolute Gasteiger partial charge is 0.473 e. The van der Waals surface area contributed by atoms with Crippen molar-refractivity contribution in [2.75, 3.05) is 31.6 Å². The molecule has 1 amide bonds. The van der Waals surface area contributed by atoms with E-state index in [1.165, 1.54) is 0 Å². The van der Waals surface area contributed by atoms with Gasteiger partial charge in [0, 0.05) is 31.0 Å². The van der Waals surface area contributed by atoms with Crippen molar-refractivity contribution in [3.05, 3.63) is 11.0 Å². The second kappa shape index (κ2) is 10.2. The maximum atomic E-state index is 15.6. The molecule has 2 aromatic heterocycles. The molecule has 3 saturated heterocycles. The van der Waals surface area contributed by atoms with Crippen LogP contribution in [0.1, 0.15) is 72.6 Å². The fourth-order valence-corrected chi connectivity index (χ4v) is 8.08. The molecular formula is C30H39ClF2N6O4. The number of nitrogens with zero attached hydrogens (tertiary/aromatic N) is 5. The molecule has 1 spiro atoms. The van der Waals surface area contributed by atoms with Crippen LogP contribution in [0.3, 0.4) is 0 Å². The third kappa shape index (κ3) is 4.92. The molecule has 0 radical (unpaired) electrons. The Balaban J connectivity index is 1.27. The van der Waals surface area contributed by atoms with E-state index in [2.05, 4.69) is 25.2 Å². The molecule has 6 heterocycles. The summed E-state index contributed by atoms with van der Waals surface area (Å²) in [6, 6.07) is -0.307. The van der Waals surface area contributed by atoms with Crippen LogP contribution < -0.4 is 14.8 Å². The maximum Gasteiger partial charge on any atom is 0.410 e. The molecule has 43 heavy (non-hydrogen) atoms. The van der Waals surface area contributed by atoms with Crippen LogP contribution >= 0.6 is 11.6 Å². The number of halogens is 3. The molecule has 10 nitrogen and oxygen atoms in total. The summed E-state index contributed by atoms with van der Waals surface area (Å²) in [6.07, 6.45) is 3.89. The molecule has 5 atom stereocenters. The zero-order chi connectivity index (χ0) is 30.3.